The molecule has 5 nitrogen and oxygen atoms in total. The summed E-state index contributed by atoms with van der Waals surface area (Å²) in [5.74, 6) is -0.897. The molecule has 9 heteroatoms. The number of carbonyl (C=O) groups is 1. The Morgan fingerprint density at radius 2 is 1.19 bits per heavy atom. The lowest BCUT2D eigenvalue weighted by molar-refractivity contribution is -0.122. The molecule has 2 atom stereocenters. The molecule has 2 unspecified atom stereocenters. The van der Waals surface area contributed by atoms with E-state index in [1.54, 1.807) is 12.4 Å². The molecule has 0 saturated heterocycles. The van der Waals surface area contributed by atoms with Crippen LogP contribution in [-0.2, 0) is 17.6 Å². The highest BCUT2D eigenvalue weighted by Crippen LogP contribution is 2.33. The molecule has 184 valence electrons. The van der Waals surface area contributed by atoms with Crippen molar-refractivity contribution in [3.8, 4) is 0 Å². The molecule has 0 spiro atoms. The smallest absolute Gasteiger partial charge is 0.187 e. The fourth-order valence-electron chi connectivity index (χ4n) is 4.05. The third-order valence-electron chi connectivity index (χ3n) is 5.76. The molecule has 36 heavy (non-hydrogen) atoms. The fraction of sp³-hybridized carbons (Fsp3) is 0.222. The number of carbonyl (C=O) groups excluding carboxylic acids is 1. The van der Waals surface area contributed by atoms with Gasteiger partial charge in [0.15, 0.2) is 10.3 Å². The van der Waals surface area contributed by atoms with Crippen LogP contribution in [0.3, 0.4) is 0 Å². The third kappa shape index (κ3) is 6.85. The van der Waals surface area contributed by atoms with Gasteiger partial charge in [-0.3, -0.25) is 4.79 Å². The molecule has 4 rings (SSSR count). The van der Waals surface area contributed by atoms with Crippen molar-refractivity contribution in [3.05, 3.63) is 106 Å². The van der Waals surface area contributed by atoms with Gasteiger partial charge in [0.05, 0.1) is 0 Å². The molecule has 0 aliphatic rings. The van der Waals surface area contributed by atoms with Crippen molar-refractivity contribution in [2.24, 2.45) is 0 Å². The van der Waals surface area contributed by atoms with E-state index in [0.29, 0.717) is 33.2 Å². The minimum absolute atomic E-state index is 0.0492. The summed E-state index contributed by atoms with van der Waals surface area (Å²) in [4.78, 5) is 32.2. The predicted octanol–water partition coefficient (Wildman–Crippen LogP) is 6.94. The van der Waals surface area contributed by atoms with Gasteiger partial charge < -0.3 is 0 Å². The van der Waals surface area contributed by atoms with Gasteiger partial charge in [0.25, 0.3) is 0 Å². The standard InChI is InChI=1S/C27H24Cl2N4OS2/c1-35-26-30-11-9-21(32-26)15-23(17-5-3-7-19(28)13-17)25(34)24(18-6-4-8-20(29)14-18)16-22-10-12-31-27(33-22)36-2/h3-14,23-24H,15-16H2,1-2H3. The van der Waals surface area contributed by atoms with Gasteiger partial charge >= 0.3 is 0 Å². The molecule has 0 N–H and O–H groups in total. The van der Waals surface area contributed by atoms with Crippen LogP contribution in [0.15, 0.2) is 83.4 Å². The van der Waals surface area contributed by atoms with Crippen LogP contribution in [0.2, 0.25) is 10.0 Å². The van der Waals surface area contributed by atoms with E-state index in [0.717, 1.165) is 22.5 Å². The molecular formula is C27H24Cl2N4OS2. The quantitative estimate of drug-likeness (QED) is 0.155. The van der Waals surface area contributed by atoms with Crippen LogP contribution in [0.1, 0.15) is 34.4 Å². The Morgan fingerprint density at radius 3 is 1.58 bits per heavy atom. The summed E-state index contributed by atoms with van der Waals surface area (Å²) in [7, 11) is 0. The summed E-state index contributed by atoms with van der Waals surface area (Å²) in [5.41, 5.74) is 3.28. The van der Waals surface area contributed by atoms with Crippen LogP contribution in [0, 0.1) is 0 Å². The molecule has 0 saturated carbocycles. The highest BCUT2D eigenvalue weighted by atomic mass is 35.5. The van der Waals surface area contributed by atoms with E-state index in [1.165, 1.54) is 23.5 Å². The number of Topliss-reactive ketones (excluding diaryl/α,β-unsaturated/α-hetero) is 1. The van der Waals surface area contributed by atoms with Crippen LogP contribution in [0.25, 0.3) is 0 Å². The Hall–Kier alpha value is -2.45. The topological polar surface area (TPSA) is 68.6 Å². The normalized spacial score (nSPS) is 12.8. The summed E-state index contributed by atoms with van der Waals surface area (Å²) in [6.45, 7) is 0. The van der Waals surface area contributed by atoms with Crippen LogP contribution in [0.4, 0.5) is 0 Å². The number of rotatable bonds is 10. The number of aromatic nitrogens is 4. The highest BCUT2D eigenvalue weighted by Gasteiger charge is 2.31. The van der Waals surface area contributed by atoms with Gasteiger partial charge in [0.1, 0.15) is 5.78 Å². The maximum Gasteiger partial charge on any atom is 0.187 e. The first kappa shape index (κ1) is 26.6. The number of nitrogens with zero attached hydrogens (tertiary/aromatic N) is 4. The van der Waals surface area contributed by atoms with Crippen molar-refractivity contribution in [2.75, 3.05) is 12.5 Å². The zero-order chi connectivity index (χ0) is 25.5. The lowest BCUT2D eigenvalue weighted by Gasteiger charge is -2.24. The largest absolute Gasteiger partial charge is 0.298 e. The number of halogens is 2. The van der Waals surface area contributed by atoms with Crippen LogP contribution < -0.4 is 0 Å². The van der Waals surface area contributed by atoms with Crippen molar-refractivity contribution in [1.29, 1.82) is 0 Å². The van der Waals surface area contributed by atoms with Crippen molar-refractivity contribution in [3.63, 3.8) is 0 Å². The zero-order valence-corrected chi connectivity index (χ0v) is 22.9. The van der Waals surface area contributed by atoms with E-state index in [9.17, 15) is 4.79 Å². The first-order valence-corrected chi connectivity index (χ1v) is 14.4. The second-order valence-corrected chi connectivity index (χ2v) is 10.5. The molecule has 2 aromatic carbocycles. The van der Waals surface area contributed by atoms with Gasteiger partial charge in [-0.1, -0.05) is 71.0 Å². The van der Waals surface area contributed by atoms with E-state index in [2.05, 4.69) is 19.9 Å². The summed E-state index contributed by atoms with van der Waals surface area (Å²) < 4.78 is 0. The summed E-state index contributed by atoms with van der Waals surface area (Å²) in [5, 5.41) is 2.50. The second-order valence-electron chi connectivity index (χ2n) is 8.10. The first-order chi connectivity index (χ1) is 17.5. The average molecular weight is 556 g/mol. The van der Waals surface area contributed by atoms with Gasteiger partial charge in [0, 0.05) is 58.5 Å². The Kier molecular flexibility index (Phi) is 9.37. The number of benzene rings is 2. The van der Waals surface area contributed by atoms with Gasteiger partial charge in [-0.25, -0.2) is 19.9 Å². The summed E-state index contributed by atoms with van der Waals surface area (Å²) >= 11 is 15.6. The molecular weight excluding hydrogens is 531 g/mol. The van der Waals surface area contributed by atoms with E-state index in [-0.39, 0.29) is 5.78 Å². The number of ketones is 1. The van der Waals surface area contributed by atoms with Crippen LogP contribution in [0.5, 0.6) is 0 Å². The van der Waals surface area contributed by atoms with Crippen molar-refractivity contribution in [1.82, 2.24) is 19.9 Å². The highest BCUT2D eigenvalue weighted by molar-refractivity contribution is 7.98. The van der Waals surface area contributed by atoms with E-state index in [4.69, 9.17) is 23.2 Å². The Bertz CT molecular complexity index is 1250. The number of hydrogen-bond donors (Lipinski definition) is 0. The first-order valence-electron chi connectivity index (χ1n) is 11.2. The SMILES string of the molecule is CSc1nccc(CC(C(=O)C(Cc2ccnc(SC)n2)c2cccc(Cl)c2)c2cccc(Cl)c2)n1. The lowest BCUT2D eigenvalue weighted by Crippen LogP contribution is -2.25. The molecule has 0 amide bonds. The van der Waals surface area contributed by atoms with Crippen LogP contribution in [-0.4, -0.2) is 38.2 Å². The summed E-state index contributed by atoms with van der Waals surface area (Å²) in [6, 6.07) is 18.7. The van der Waals surface area contributed by atoms with E-state index < -0.39 is 11.8 Å². The lowest BCUT2D eigenvalue weighted by atomic mass is 9.79. The third-order valence-corrected chi connectivity index (χ3v) is 7.36. The van der Waals surface area contributed by atoms with Gasteiger partial charge in [-0.05, 0) is 60.0 Å². The molecule has 4 aromatic rings. The predicted molar refractivity (Wildman–Crippen MR) is 148 cm³/mol. The Labute approximate surface area is 229 Å². The van der Waals surface area contributed by atoms with Gasteiger partial charge in [0.2, 0.25) is 0 Å². The fourth-order valence-corrected chi connectivity index (χ4v) is 5.20. The van der Waals surface area contributed by atoms with Crippen LogP contribution >= 0.6 is 46.7 Å². The molecule has 0 aliphatic heterocycles. The maximum atomic E-state index is 14.4. The molecule has 0 radical (unpaired) electrons. The summed E-state index contributed by atoms with van der Waals surface area (Å²) in [6.07, 6.45) is 8.16. The molecule has 2 aromatic heterocycles. The Balaban J connectivity index is 1.77. The molecule has 2 heterocycles. The second kappa shape index (κ2) is 12.7. The van der Waals surface area contributed by atoms with E-state index in [1.807, 2.05) is 73.2 Å². The monoisotopic (exact) mass is 554 g/mol. The molecule has 0 fully saturated rings. The minimum atomic E-state index is -0.473. The minimum Gasteiger partial charge on any atom is -0.298 e. The molecule has 0 aliphatic carbocycles. The number of thioether (sulfide) groups is 2. The average Bonchev–Trinajstić information content (AvgIpc) is 2.90. The van der Waals surface area contributed by atoms with Crippen molar-refractivity contribution in [2.45, 2.75) is 35.0 Å². The van der Waals surface area contributed by atoms with Gasteiger partial charge in [-0.15, -0.1) is 0 Å². The Morgan fingerprint density at radius 1 is 0.750 bits per heavy atom. The number of hydrogen-bond acceptors (Lipinski definition) is 7. The van der Waals surface area contributed by atoms with Crippen molar-refractivity contribution >= 4 is 52.5 Å². The van der Waals surface area contributed by atoms with E-state index >= 15 is 0 Å². The zero-order valence-electron chi connectivity index (χ0n) is 19.8. The van der Waals surface area contributed by atoms with Crippen molar-refractivity contribution < 1.29 is 4.79 Å². The van der Waals surface area contributed by atoms with Gasteiger partial charge in [-0.2, -0.15) is 0 Å². The maximum absolute atomic E-state index is 14.4. The molecule has 0 bridgehead atoms.